The molecule has 0 heterocycles. The zero-order chi connectivity index (χ0) is 7.00. The molecule has 0 aromatic heterocycles. The molecule has 0 unspecified atom stereocenters. The summed E-state index contributed by atoms with van der Waals surface area (Å²) in [6, 6.07) is 0. The minimum atomic E-state index is -6.09. The molecular formula is CH2DyF3O4S+2. The minimum absolute atomic E-state index is 0. The van der Waals surface area contributed by atoms with Crippen LogP contribution in [0.1, 0.15) is 0 Å². The van der Waals surface area contributed by atoms with Gasteiger partial charge in [-0.15, -0.1) is 0 Å². The predicted molar refractivity (Wildman–Crippen MR) is 19.4 cm³/mol. The fourth-order valence-electron chi connectivity index (χ4n) is 0. The van der Waals surface area contributed by atoms with Crippen LogP contribution in [0.5, 0.6) is 0 Å². The van der Waals surface area contributed by atoms with E-state index in [4.69, 9.17) is 13.0 Å². The van der Waals surface area contributed by atoms with E-state index >= 15 is 0 Å². The summed E-state index contributed by atoms with van der Waals surface area (Å²) in [5.41, 5.74) is -5.65. The Morgan fingerprint density at radius 2 is 1.30 bits per heavy atom. The number of halogens is 3. The van der Waals surface area contributed by atoms with E-state index in [9.17, 15) is 13.2 Å². The molecule has 65 valence electrons. The predicted octanol–water partition coefficient (Wildman–Crippen LogP) is -0.773. The monoisotopic (exact) mass is 331 g/mol. The Bertz CT molecular complexity index is 169. The smallest absolute Gasteiger partial charge is 0.741 e. The Morgan fingerprint density at radius 1 is 1.20 bits per heavy atom. The van der Waals surface area contributed by atoms with Crippen LogP contribution in [0.2, 0.25) is 0 Å². The van der Waals surface area contributed by atoms with Gasteiger partial charge in [-0.25, -0.2) is 8.42 Å². The number of hydrogen-bond donors (Lipinski definition) is 0. The second kappa shape index (κ2) is 4.74. The van der Waals surface area contributed by atoms with Gasteiger partial charge in [0.2, 0.25) is 0 Å². The van der Waals surface area contributed by atoms with Crippen LogP contribution in [0.15, 0.2) is 0 Å². The van der Waals surface area contributed by atoms with Gasteiger partial charge in [0.1, 0.15) is 0 Å². The van der Waals surface area contributed by atoms with E-state index in [1.165, 1.54) is 0 Å². The van der Waals surface area contributed by atoms with Crippen molar-refractivity contribution in [2.75, 3.05) is 0 Å². The van der Waals surface area contributed by atoms with E-state index in [0.717, 1.165) is 0 Å². The third-order valence-corrected chi connectivity index (χ3v) is 0.850. The molecule has 0 aromatic rings. The van der Waals surface area contributed by atoms with Crippen molar-refractivity contribution in [3.05, 3.63) is 0 Å². The summed E-state index contributed by atoms with van der Waals surface area (Å²) >= 11 is 0. The first-order chi connectivity index (χ1) is 3.25. The van der Waals surface area contributed by atoms with Gasteiger partial charge < -0.3 is 10.0 Å². The fourth-order valence-corrected chi connectivity index (χ4v) is 0. The van der Waals surface area contributed by atoms with Crippen LogP contribution in [0.4, 0.5) is 13.2 Å². The molecule has 0 saturated carbocycles. The molecule has 0 aliphatic carbocycles. The molecule has 9 heteroatoms. The van der Waals surface area contributed by atoms with Gasteiger partial charge in [-0.1, -0.05) is 0 Å². The number of hydrogen-bond acceptors (Lipinski definition) is 3. The largest absolute Gasteiger partial charge is 3.00 e. The molecule has 0 aromatic carbocycles. The van der Waals surface area contributed by atoms with Crippen LogP contribution in [0.3, 0.4) is 0 Å². The normalized spacial score (nSPS) is 11.2. The molecule has 2 N–H and O–H groups in total. The van der Waals surface area contributed by atoms with E-state index in [1.54, 1.807) is 0 Å². The summed E-state index contributed by atoms with van der Waals surface area (Å²) in [7, 11) is -6.09. The first-order valence-electron chi connectivity index (χ1n) is 1.27. The van der Waals surface area contributed by atoms with Crippen molar-refractivity contribution in [1.82, 2.24) is 0 Å². The molecule has 0 spiro atoms. The van der Waals surface area contributed by atoms with Crippen LogP contribution < -0.4 is 0 Å². The second-order valence-electron chi connectivity index (χ2n) is 0.900. The van der Waals surface area contributed by atoms with E-state index in [0.29, 0.717) is 0 Å². The maximum atomic E-state index is 10.7. The SMILES string of the molecule is O.O=S(=O)([O-])C(F)(F)F.[Dy+3]. The van der Waals surface area contributed by atoms with Crippen LogP contribution in [-0.2, 0) is 10.1 Å². The standard InChI is InChI=1S/CHF3O3S.Dy.H2O/c2-1(3,4)8(5,6)7;;/h(H,5,6,7);;1H2/q;+3;/p-1. The van der Waals surface area contributed by atoms with Crippen molar-refractivity contribution in [3.63, 3.8) is 0 Å². The van der Waals surface area contributed by atoms with Gasteiger partial charge in [0.05, 0.1) is 0 Å². The average Bonchev–Trinajstić information content (AvgIpc) is 1.25. The van der Waals surface area contributed by atoms with Gasteiger partial charge in [0.15, 0.2) is 10.1 Å². The first kappa shape index (κ1) is 17.1. The Hall–Kier alpha value is 0.933. The maximum absolute atomic E-state index is 10.7. The molecule has 0 atom stereocenters. The molecule has 0 saturated heterocycles. The van der Waals surface area contributed by atoms with Crippen molar-refractivity contribution >= 4 is 10.1 Å². The Labute approximate surface area is 84.9 Å². The molecule has 4 nitrogen and oxygen atoms in total. The van der Waals surface area contributed by atoms with Gasteiger partial charge in [-0.2, -0.15) is 13.2 Å². The van der Waals surface area contributed by atoms with Crippen LogP contribution in [0.25, 0.3) is 0 Å². The molecule has 10 heavy (non-hydrogen) atoms. The van der Waals surface area contributed by atoms with Gasteiger partial charge >= 0.3 is 43.7 Å². The topological polar surface area (TPSA) is 88.7 Å². The van der Waals surface area contributed by atoms with Crippen molar-refractivity contribution in [3.8, 4) is 0 Å². The van der Waals surface area contributed by atoms with Gasteiger partial charge in [0.25, 0.3) is 0 Å². The molecular weight excluding hydrogens is 328 g/mol. The molecule has 0 aliphatic heterocycles. The van der Waals surface area contributed by atoms with E-state index in [2.05, 4.69) is 0 Å². The van der Waals surface area contributed by atoms with Crippen molar-refractivity contribution < 1.29 is 69.8 Å². The zero-order valence-corrected chi connectivity index (χ0v) is 6.93. The molecule has 0 fully saturated rings. The van der Waals surface area contributed by atoms with Gasteiger partial charge in [-0.3, -0.25) is 0 Å². The maximum Gasteiger partial charge on any atom is 3.00 e. The van der Waals surface area contributed by atoms with Crippen molar-refractivity contribution in [2.45, 2.75) is 5.51 Å². The van der Waals surface area contributed by atoms with E-state index < -0.39 is 15.6 Å². The van der Waals surface area contributed by atoms with Crippen molar-refractivity contribution in [2.24, 2.45) is 0 Å². The minimum Gasteiger partial charge on any atom is -0.741 e. The molecule has 0 amide bonds. The van der Waals surface area contributed by atoms with Crippen LogP contribution >= 0.6 is 0 Å². The summed E-state index contributed by atoms with van der Waals surface area (Å²) in [5, 5.41) is 0. The molecule has 0 bridgehead atoms. The summed E-state index contributed by atoms with van der Waals surface area (Å²) in [4.78, 5) is 0. The Balaban J connectivity index is -0.000000245. The molecule has 0 rings (SSSR count). The molecule has 1 radical (unpaired) electrons. The van der Waals surface area contributed by atoms with Crippen molar-refractivity contribution in [1.29, 1.82) is 0 Å². The third-order valence-electron chi connectivity index (χ3n) is 0.283. The molecule has 0 aliphatic rings. The Kier molecular flexibility index (Phi) is 8.12. The number of alkyl halides is 3. The number of rotatable bonds is 0. The quantitative estimate of drug-likeness (QED) is 0.432. The summed E-state index contributed by atoms with van der Waals surface area (Å²) in [6.07, 6.45) is 0. The zero-order valence-electron chi connectivity index (χ0n) is 4.08. The average molecular weight is 330 g/mol. The van der Waals surface area contributed by atoms with Gasteiger partial charge in [0, 0.05) is 0 Å². The fraction of sp³-hybridized carbons (Fsp3) is 1.00. The van der Waals surface area contributed by atoms with E-state index in [-0.39, 0.29) is 43.6 Å². The van der Waals surface area contributed by atoms with Crippen LogP contribution in [-0.4, -0.2) is 24.0 Å². The second-order valence-corrected chi connectivity index (χ2v) is 2.27. The van der Waals surface area contributed by atoms with Crippen LogP contribution in [0, 0.1) is 38.2 Å². The summed E-state index contributed by atoms with van der Waals surface area (Å²) < 4.78 is 58.9. The summed E-state index contributed by atoms with van der Waals surface area (Å²) in [6.45, 7) is 0. The van der Waals surface area contributed by atoms with E-state index in [1.807, 2.05) is 0 Å². The summed E-state index contributed by atoms with van der Waals surface area (Å²) in [5.74, 6) is 0. The first-order valence-corrected chi connectivity index (χ1v) is 2.68. The Morgan fingerprint density at radius 3 is 1.30 bits per heavy atom. The van der Waals surface area contributed by atoms with Gasteiger partial charge in [-0.05, 0) is 0 Å². The third kappa shape index (κ3) is 5.70.